The van der Waals surface area contributed by atoms with Crippen LogP contribution in [0.5, 0.6) is 0 Å². The van der Waals surface area contributed by atoms with Crippen LogP contribution in [0, 0.1) is 0 Å². The highest BCUT2D eigenvalue weighted by Crippen LogP contribution is 2.39. The molecule has 1 saturated heterocycles. The molecule has 1 aliphatic rings. The predicted molar refractivity (Wildman–Crippen MR) is 96.7 cm³/mol. The lowest BCUT2D eigenvalue weighted by Crippen LogP contribution is -2.29. The van der Waals surface area contributed by atoms with Gasteiger partial charge in [0, 0.05) is 42.0 Å². The summed E-state index contributed by atoms with van der Waals surface area (Å²) in [6.07, 6.45) is 9.63. The first-order chi connectivity index (χ1) is 13.7. The molecule has 0 bridgehead atoms. The van der Waals surface area contributed by atoms with E-state index in [-0.39, 0.29) is 12.1 Å². The van der Waals surface area contributed by atoms with Crippen LogP contribution in [0.25, 0.3) is 5.76 Å². The highest BCUT2D eigenvalue weighted by atomic mass is 16.3. The summed E-state index contributed by atoms with van der Waals surface area (Å²) in [6.45, 7) is 0.189. The van der Waals surface area contributed by atoms with E-state index in [1.54, 1.807) is 36.9 Å². The number of amides is 1. The van der Waals surface area contributed by atoms with Gasteiger partial charge in [0.25, 0.3) is 5.91 Å². The van der Waals surface area contributed by atoms with Crippen LogP contribution in [-0.4, -0.2) is 26.6 Å². The second-order valence-electron chi connectivity index (χ2n) is 6.34. The molecule has 1 atom stereocenters. The van der Waals surface area contributed by atoms with Gasteiger partial charge in [-0.25, -0.2) is 4.98 Å². The number of nitrogens with one attached hydrogen (secondary N) is 1. The van der Waals surface area contributed by atoms with Crippen molar-refractivity contribution >= 4 is 17.4 Å². The monoisotopic (exact) mass is 372 g/mol. The number of hydrogen-bond donors (Lipinski definition) is 0. The van der Waals surface area contributed by atoms with Crippen molar-refractivity contribution in [1.29, 1.82) is 0 Å². The molecule has 4 heterocycles. The van der Waals surface area contributed by atoms with Crippen LogP contribution in [0.3, 0.4) is 0 Å². The van der Waals surface area contributed by atoms with Crippen molar-refractivity contribution in [2.24, 2.45) is 0 Å². The van der Waals surface area contributed by atoms with Crippen LogP contribution < -0.4 is 10.1 Å². The zero-order valence-corrected chi connectivity index (χ0v) is 14.8. The standard InChI is InChI=1S/C21H16N4O3/c26-19(15-5-9-22-10-6-15)17-18(16-4-2-8-24-12-16)25(21(28)20(17)27)13-14-3-1-7-23-11-14/h1-12,18,26H,13H2. The third-order valence-corrected chi connectivity index (χ3v) is 4.60. The van der Waals surface area contributed by atoms with Gasteiger partial charge in [-0.3, -0.25) is 19.6 Å². The van der Waals surface area contributed by atoms with Gasteiger partial charge >= 0.3 is 0 Å². The first kappa shape index (κ1) is 17.5. The first-order valence-electron chi connectivity index (χ1n) is 8.68. The van der Waals surface area contributed by atoms with Gasteiger partial charge in [-0.15, -0.1) is 0 Å². The topological polar surface area (TPSA) is 100 Å². The highest BCUT2D eigenvalue weighted by Gasteiger charge is 2.44. The molecule has 4 rings (SSSR count). The van der Waals surface area contributed by atoms with Gasteiger partial charge in [-0.2, -0.15) is 0 Å². The largest absolute Gasteiger partial charge is 0.872 e. The molecule has 1 N–H and O–H groups in total. The molecule has 7 heteroatoms. The van der Waals surface area contributed by atoms with Gasteiger partial charge in [-0.1, -0.05) is 11.8 Å². The lowest BCUT2D eigenvalue weighted by atomic mass is 9.96. The molecule has 138 valence electrons. The van der Waals surface area contributed by atoms with Gasteiger partial charge in [0.05, 0.1) is 12.6 Å². The molecule has 3 aromatic heterocycles. The van der Waals surface area contributed by atoms with Crippen molar-refractivity contribution in [2.75, 3.05) is 0 Å². The number of carbonyl (C=O) groups is 2. The Morgan fingerprint density at radius 1 is 1.07 bits per heavy atom. The second kappa shape index (κ2) is 7.40. The maximum absolute atomic E-state index is 13.1. The Bertz CT molecular complexity index is 1040. The second-order valence-corrected chi connectivity index (χ2v) is 6.34. The van der Waals surface area contributed by atoms with Gasteiger partial charge in [-0.05, 0) is 35.4 Å². The number of carbonyl (C=O) groups excluding carboxylic acids is 2. The summed E-state index contributed by atoms with van der Waals surface area (Å²) >= 11 is 0. The molecule has 3 aromatic rings. The molecule has 0 spiro atoms. The third kappa shape index (κ3) is 3.14. The van der Waals surface area contributed by atoms with E-state index in [9.17, 15) is 14.7 Å². The van der Waals surface area contributed by atoms with Crippen molar-refractivity contribution in [3.05, 3.63) is 95.8 Å². The van der Waals surface area contributed by atoms with E-state index >= 15 is 0 Å². The van der Waals surface area contributed by atoms with Crippen LogP contribution in [0.2, 0.25) is 0 Å². The lowest BCUT2D eigenvalue weighted by molar-refractivity contribution is -0.378. The first-order valence-corrected chi connectivity index (χ1v) is 8.68. The summed E-state index contributed by atoms with van der Waals surface area (Å²) in [4.78, 5) is 38.0. The SMILES string of the molecule is O=C1C(=O)N(Cc2ccc[nH+]c2)C(c2cccnc2)C1=C([O-])c1ccncc1. The molecule has 1 aliphatic heterocycles. The number of likely N-dealkylation sites (tertiary alicyclic amines) is 1. The summed E-state index contributed by atoms with van der Waals surface area (Å²) in [5, 5.41) is 13.1. The zero-order valence-electron chi connectivity index (χ0n) is 14.8. The average Bonchev–Trinajstić information content (AvgIpc) is 3.00. The third-order valence-electron chi connectivity index (χ3n) is 4.60. The van der Waals surface area contributed by atoms with Crippen molar-refractivity contribution in [2.45, 2.75) is 12.6 Å². The van der Waals surface area contributed by atoms with E-state index in [0.717, 1.165) is 5.56 Å². The molecule has 0 aromatic carbocycles. The highest BCUT2D eigenvalue weighted by molar-refractivity contribution is 6.46. The summed E-state index contributed by atoms with van der Waals surface area (Å²) in [5.41, 5.74) is 1.67. The zero-order chi connectivity index (χ0) is 19.5. The van der Waals surface area contributed by atoms with Gasteiger partial charge in [0.1, 0.15) is 0 Å². The lowest BCUT2D eigenvalue weighted by Gasteiger charge is -2.27. The van der Waals surface area contributed by atoms with E-state index in [1.807, 2.05) is 12.1 Å². The normalized spacial score (nSPS) is 18.4. The minimum Gasteiger partial charge on any atom is -0.872 e. The Hall–Kier alpha value is -3.87. The predicted octanol–water partition coefficient (Wildman–Crippen LogP) is 0.715. The fourth-order valence-electron chi connectivity index (χ4n) is 3.30. The Balaban J connectivity index is 1.85. The van der Waals surface area contributed by atoms with Gasteiger partial charge < -0.3 is 10.0 Å². The van der Waals surface area contributed by atoms with E-state index in [4.69, 9.17) is 0 Å². The molecular weight excluding hydrogens is 356 g/mol. The average molecular weight is 372 g/mol. The minimum absolute atomic E-state index is 0.0656. The van der Waals surface area contributed by atoms with Gasteiger partial charge in [0.15, 0.2) is 12.4 Å². The van der Waals surface area contributed by atoms with Crippen molar-refractivity contribution in [3.8, 4) is 0 Å². The number of ketones is 1. The van der Waals surface area contributed by atoms with Crippen LogP contribution in [-0.2, 0) is 16.1 Å². The fourth-order valence-corrected chi connectivity index (χ4v) is 3.30. The number of hydrogen-bond acceptors (Lipinski definition) is 5. The Morgan fingerprint density at radius 3 is 2.57 bits per heavy atom. The van der Waals surface area contributed by atoms with Crippen LogP contribution in [0.1, 0.15) is 22.7 Å². The number of pyridine rings is 3. The van der Waals surface area contributed by atoms with E-state index in [2.05, 4.69) is 15.0 Å². The molecule has 0 aliphatic carbocycles. The minimum atomic E-state index is -0.797. The van der Waals surface area contributed by atoms with Crippen LogP contribution in [0.15, 0.2) is 79.2 Å². The number of nitrogens with zero attached hydrogens (tertiary/aromatic N) is 3. The Labute approximate surface area is 161 Å². The molecule has 1 fully saturated rings. The maximum Gasteiger partial charge on any atom is 0.295 e. The molecule has 28 heavy (non-hydrogen) atoms. The summed E-state index contributed by atoms with van der Waals surface area (Å²) in [7, 11) is 0. The smallest absolute Gasteiger partial charge is 0.295 e. The van der Waals surface area contributed by atoms with Crippen LogP contribution in [0.4, 0.5) is 0 Å². The molecule has 0 radical (unpaired) electrons. The van der Waals surface area contributed by atoms with Gasteiger partial charge in [0.2, 0.25) is 5.78 Å². The number of rotatable bonds is 4. The van der Waals surface area contributed by atoms with E-state index < -0.39 is 23.5 Å². The molecule has 0 saturated carbocycles. The molecule has 1 amide bonds. The summed E-state index contributed by atoms with van der Waals surface area (Å²) in [6, 6.07) is 9.39. The Kier molecular flexibility index (Phi) is 4.63. The van der Waals surface area contributed by atoms with E-state index in [0.29, 0.717) is 11.1 Å². The van der Waals surface area contributed by atoms with Crippen molar-refractivity contribution < 1.29 is 19.7 Å². The summed E-state index contributed by atoms with van der Waals surface area (Å²) in [5.74, 6) is -1.96. The maximum atomic E-state index is 13.1. The number of aromatic amines is 1. The van der Waals surface area contributed by atoms with Crippen molar-refractivity contribution in [1.82, 2.24) is 14.9 Å². The summed E-state index contributed by atoms with van der Waals surface area (Å²) < 4.78 is 0. The molecule has 1 unspecified atom stereocenters. The fraction of sp³-hybridized carbons (Fsp3) is 0.0952. The van der Waals surface area contributed by atoms with E-state index in [1.165, 1.54) is 29.4 Å². The quantitative estimate of drug-likeness (QED) is 0.382. The molecular formula is C21H16N4O3. The number of aromatic nitrogens is 3. The Morgan fingerprint density at radius 2 is 1.89 bits per heavy atom. The number of H-pyrrole nitrogens is 1. The number of Topliss-reactive ketones (excluding diaryl/α,β-unsaturated/α-hetero) is 1. The van der Waals surface area contributed by atoms with Crippen molar-refractivity contribution in [3.63, 3.8) is 0 Å². The molecule has 7 nitrogen and oxygen atoms in total. The van der Waals surface area contributed by atoms with Crippen LogP contribution >= 0.6 is 0 Å².